The highest BCUT2D eigenvalue weighted by Gasteiger charge is 2.28. The van der Waals surface area contributed by atoms with Crippen LogP contribution in [0.25, 0.3) is 0 Å². The molecule has 0 saturated carbocycles. The second-order valence-electron chi connectivity index (χ2n) is 5.06. The van der Waals surface area contributed by atoms with E-state index in [1.165, 1.54) is 0 Å². The largest absolute Gasteiger partial charge is 0.488 e. The third kappa shape index (κ3) is 2.81. The van der Waals surface area contributed by atoms with E-state index in [4.69, 9.17) is 10.00 Å². The molecule has 0 aliphatic carbocycles. The molecule has 1 fully saturated rings. The number of benzene rings is 1. The molecule has 1 aliphatic heterocycles. The molecule has 2 aromatic rings. The van der Waals surface area contributed by atoms with E-state index in [0.29, 0.717) is 5.56 Å². The molecule has 3 rings (SSSR count). The summed E-state index contributed by atoms with van der Waals surface area (Å²) in [5.74, 6) is 1.77. The van der Waals surface area contributed by atoms with Crippen LogP contribution in [0.3, 0.4) is 0 Å². The van der Waals surface area contributed by atoms with Crippen molar-refractivity contribution in [1.29, 1.82) is 5.26 Å². The maximum atomic E-state index is 8.74. The highest BCUT2D eigenvalue weighted by Crippen LogP contribution is 2.19. The summed E-state index contributed by atoms with van der Waals surface area (Å²) in [6, 6.07) is 9.35. The van der Waals surface area contributed by atoms with Gasteiger partial charge in [0.1, 0.15) is 17.7 Å². The molecule has 102 valence electrons. The van der Waals surface area contributed by atoms with Crippen LogP contribution in [-0.2, 0) is 6.54 Å². The molecular weight excluding hydrogens is 252 g/mol. The standard InChI is InChI=1S/C15H16N4O/c1-11-17-7-13(18-11)8-19-9-15(10-19)20-14-4-2-12(6-16)3-5-14/h2-5,7,15H,8-10H2,1H3,(H,17,18). The molecular formula is C15H16N4O. The molecule has 1 saturated heterocycles. The molecule has 5 nitrogen and oxygen atoms in total. The lowest BCUT2D eigenvalue weighted by molar-refractivity contribution is 0.0139. The number of aromatic nitrogens is 2. The zero-order valence-corrected chi connectivity index (χ0v) is 11.3. The summed E-state index contributed by atoms with van der Waals surface area (Å²) < 4.78 is 5.85. The first-order valence-corrected chi connectivity index (χ1v) is 6.62. The van der Waals surface area contributed by atoms with Crippen molar-refractivity contribution in [2.24, 2.45) is 0 Å². The van der Waals surface area contributed by atoms with E-state index < -0.39 is 0 Å². The summed E-state index contributed by atoms with van der Waals surface area (Å²) in [5.41, 5.74) is 1.79. The lowest BCUT2D eigenvalue weighted by Gasteiger charge is -2.38. The van der Waals surface area contributed by atoms with Crippen LogP contribution in [0.15, 0.2) is 30.5 Å². The van der Waals surface area contributed by atoms with Crippen molar-refractivity contribution >= 4 is 0 Å². The lowest BCUT2D eigenvalue weighted by atomic mass is 10.1. The van der Waals surface area contributed by atoms with Crippen molar-refractivity contribution in [2.45, 2.75) is 19.6 Å². The van der Waals surface area contributed by atoms with Crippen LogP contribution in [0.4, 0.5) is 0 Å². The molecule has 5 heteroatoms. The predicted molar refractivity (Wildman–Crippen MR) is 74.2 cm³/mol. The minimum atomic E-state index is 0.229. The fourth-order valence-corrected chi connectivity index (χ4v) is 2.32. The summed E-state index contributed by atoms with van der Waals surface area (Å²) >= 11 is 0. The predicted octanol–water partition coefficient (Wildman–Crippen LogP) is 1.85. The van der Waals surface area contributed by atoms with Crippen LogP contribution in [0.2, 0.25) is 0 Å². The summed E-state index contributed by atoms with van der Waals surface area (Å²) in [6.45, 7) is 4.67. The minimum absolute atomic E-state index is 0.229. The van der Waals surface area contributed by atoms with Crippen molar-refractivity contribution in [2.75, 3.05) is 13.1 Å². The maximum absolute atomic E-state index is 8.74. The number of ether oxygens (including phenoxy) is 1. The Hall–Kier alpha value is -2.32. The number of hydrogen-bond donors (Lipinski definition) is 1. The van der Waals surface area contributed by atoms with Crippen molar-refractivity contribution in [3.05, 3.63) is 47.5 Å². The number of H-pyrrole nitrogens is 1. The molecule has 0 spiro atoms. The number of nitrogens with one attached hydrogen (secondary N) is 1. The molecule has 0 radical (unpaired) electrons. The quantitative estimate of drug-likeness (QED) is 0.919. The lowest BCUT2D eigenvalue weighted by Crippen LogP contribution is -2.53. The van der Waals surface area contributed by atoms with E-state index in [2.05, 4.69) is 20.9 Å². The van der Waals surface area contributed by atoms with Crippen LogP contribution >= 0.6 is 0 Å². The van der Waals surface area contributed by atoms with Gasteiger partial charge in [0.05, 0.1) is 11.6 Å². The number of hydrogen-bond acceptors (Lipinski definition) is 4. The Morgan fingerprint density at radius 2 is 2.15 bits per heavy atom. The highest BCUT2D eigenvalue weighted by molar-refractivity contribution is 5.34. The number of aryl methyl sites for hydroxylation is 1. The molecule has 0 amide bonds. The van der Waals surface area contributed by atoms with Crippen LogP contribution < -0.4 is 4.74 Å². The number of nitrogens with zero attached hydrogens (tertiary/aromatic N) is 3. The molecule has 0 atom stereocenters. The van der Waals surface area contributed by atoms with E-state index in [1.54, 1.807) is 12.1 Å². The fourth-order valence-electron chi connectivity index (χ4n) is 2.32. The maximum Gasteiger partial charge on any atom is 0.124 e. The van der Waals surface area contributed by atoms with Crippen LogP contribution in [-0.4, -0.2) is 34.1 Å². The Balaban J connectivity index is 1.47. The van der Waals surface area contributed by atoms with Gasteiger partial charge in [0.2, 0.25) is 0 Å². The first-order valence-electron chi connectivity index (χ1n) is 6.62. The zero-order valence-electron chi connectivity index (χ0n) is 11.3. The summed E-state index contributed by atoms with van der Waals surface area (Å²) in [4.78, 5) is 9.73. The summed E-state index contributed by atoms with van der Waals surface area (Å²) in [7, 11) is 0. The van der Waals surface area contributed by atoms with Gasteiger partial charge in [-0.2, -0.15) is 5.26 Å². The van der Waals surface area contributed by atoms with Crippen molar-refractivity contribution in [3.63, 3.8) is 0 Å². The van der Waals surface area contributed by atoms with Gasteiger partial charge >= 0.3 is 0 Å². The zero-order chi connectivity index (χ0) is 13.9. The molecule has 1 aliphatic rings. The van der Waals surface area contributed by atoms with Gasteiger partial charge in [0.25, 0.3) is 0 Å². The number of likely N-dealkylation sites (tertiary alicyclic amines) is 1. The molecule has 1 aromatic heterocycles. The van der Waals surface area contributed by atoms with E-state index in [-0.39, 0.29) is 6.10 Å². The molecule has 0 unspecified atom stereocenters. The Morgan fingerprint density at radius 1 is 1.40 bits per heavy atom. The average Bonchev–Trinajstić information content (AvgIpc) is 2.82. The van der Waals surface area contributed by atoms with Crippen molar-refractivity contribution in [1.82, 2.24) is 14.9 Å². The SMILES string of the molecule is Cc1ncc(CN2CC(Oc3ccc(C#N)cc3)C2)[nH]1. The van der Waals surface area contributed by atoms with Gasteiger partial charge in [-0.25, -0.2) is 4.98 Å². The Bertz CT molecular complexity index is 620. The monoisotopic (exact) mass is 268 g/mol. The Kier molecular flexibility index (Phi) is 3.40. The topological polar surface area (TPSA) is 64.9 Å². The Labute approximate surface area is 117 Å². The first kappa shape index (κ1) is 12.7. The second-order valence-corrected chi connectivity index (χ2v) is 5.06. The third-order valence-corrected chi connectivity index (χ3v) is 3.36. The van der Waals surface area contributed by atoms with E-state index in [9.17, 15) is 0 Å². The van der Waals surface area contributed by atoms with Crippen molar-refractivity contribution in [3.8, 4) is 11.8 Å². The average molecular weight is 268 g/mol. The smallest absolute Gasteiger partial charge is 0.124 e. The van der Waals surface area contributed by atoms with Crippen LogP contribution in [0.5, 0.6) is 5.75 Å². The first-order chi connectivity index (χ1) is 9.72. The minimum Gasteiger partial charge on any atom is -0.488 e. The molecule has 0 bridgehead atoms. The van der Waals surface area contributed by atoms with Gasteiger partial charge in [0.15, 0.2) is 0 Å². The number of imidazole rings is 1. The highest BCUT2D eigenvalue weighted by atomic mass is 16.5. The second kappa shape index (κ2) is 5.35. The van der Waals surface area contributed by atoms with Gasteiger partial charge in [-0.1, -0.05) is 0 Å². The van der Waals surface area contributed by atoms with E-state index >= 15 is 0 Å². The normalized spacial score (nSPS) is 15.6. The molecule has 1 N–H and O–H groups in total. The van der Waals surface area contributed by atoms with Gasteiger partial charge in [-0.15, -0.1) is 0 Å². The number of nitriles is 1. The fraction of sp³-hybridized carbons (Fsp3) is 0.333. The van der Waals surface area contributed by atoms with Gasteiger partial charge < -0.3 is 9.72 Å². The molecule has 2 heterocycles. The summed E-state index contributed by atoms with van der Waals surface area (Å²) in [6.07, 6.45) is 2.11. The summed E-state index contributed by atoms with van der Waals surface area (Å²) in [5, 5.41) is 8.74. The molecule has 1 aromatic carbocycles. The number of aromatic amines is 1. The van der Waals surface area contributed by atoms with Gasteiger partial charge in [-0.3, -0.25) is 4.90 Å². The van der Waals surface area contributed by atoms with Crippen LogP contribution in [0.1, 0.15) is 17.1 Å². The van der Waals surface area contributed by atoms with Gasteiger partial charge in [0, 0.05) is 31.5 Å². The Morgan fingerprint density at radius 3 is 2.75 bits per heavy atom. The van der Waals surface area contributed by atoms with E-state index in [1.807, 2.05) is 25.3 Å². The number of rotatable bonds is 4. The third-order valence-electron chi connectivity index (χ3n) is 3.36. The van der Waals surface area contributed by atoms with Crippen molar-refractivity contribution < 1.29 is 4.74 Å². The van der Waals surface area contributed by atoms with Crippen LogP contribution in [0, 0.1) is 18.3 Å². The molecule has 20 heavy (non-hydrogen) atoms. The van der Waals surface area contributed by atoms with E-state index in [0.717, 1.165) is 36.9 Å². The van der Waals surface area contributed by atoms with Gasteiger partial charge in [-0.05, 0) is 31.2 Å².